The van der Waals surface area contributed by atoms with E-state index in [0.29, 0.717) is 23.8 Å². The van der Waals surface area contributed by atoms with Crippen molar-refractivity contribution in [2.45, 2.75) is 37.8 Å². The Balaban J connectivity index is 1.35. The standard InChI is InChI=1S/C21H27ClN6O4S2/c1-33(29,30)25-9-10-34(31,32)28-16-6-4-15(5-7-16)26-20-12-14(11-19(22)27-20)18-13-24-21-17(18)3-2-8-23-21/h2-3,8,11-13,15-16,25,28H,4-7,9-10H2,1H3,(H,23,24)(H,26,27)/t15-,16-. The van der Waals surface area contributed by atoms with E-state index >= 15 is 0 Å². The van der Waals surface area contributed by atoms with Gasteiger partial charge in [0.1, 0.15) is 16.6 Å². The molecule has 0 bridgehead atoms. The molecule has 1 aliphatic carbocycles. The van der Waals surface area contributed by atoms with Crippen LogP contribution in [-0.4, -0.2) is 62.4 Å². The second-order valence-electron chi connectivity index (χ2n) is 8.46. The average molecular weight is 527 g/mol. The first-order chi connectivity index (χ1) is 16.1. The molecule has 13 heteroatoms. The lowest BCUT2D eigenvalue weighted by atomic mass is 9.92. The average Bonchev–Trinajstić information content (AvgIpc) is 3.18. The van der Waals surface area contributed by atoms with Gasteiger partial charge >= 0.3 is 0 Å². The first-order valence-corrected chi connectivity index (χ1v) is 14.8. The Kier molecular flexibility index (Phi) is 7.43. The van der Waals surface area contributed by atoms with E-state index in [1.54, 1.807) is 6.20 Å². The van der Waals surface area contributed by atoms with Gasteiger partial charge in [-0.25, -0.2) is 36.2 Å². The quantitative estimate of drug-likeness (QED) is 0.313. The highest BCUT2D eigenvalue weighted by Gasteiger charge is 2.25. The molecular weight excluding hydrogens is 500 g/mol. The zero-order valence-corrected chi connectivity index (χ0v) is 21.0. The van der Waals surface area contributed by atoms with E-state index in [2.05, 4.69) is 29.7 Å². The molecule has 4 N–H and O–H groups in total. The summed E-state index contributed by atoms with van der Waals surface area (Å²) in [5.41, 5.74) is 2.71. The monoisotopic (exact) mass is 526 g/mol. The summed E-state index contributed by atoms with van der Waals surface area (Å²) in [5.74, 6) is 0.369. The van der Waals surface area contributed by atoms with Gasteiger partial charge in [-0.05, 0) is 55.5 Å². The number of nitrogens with zero attached hydrogens (tertiary/aromatic N) is 2. The van der Waals surface area contributed by atoms with Crippen LogP contribution >= 0.6 is 11.6 Å². The molecule has 3 aromatic heterocycles. The summed E-state index contributed by atoms with van der Waals surface area (Å²) >= 11 is 6.30. The van der Waals surface area contributed by atoms with Crippen LogP contribution in [0.25, 0.3) is 22.2 Å². The van der Waals surface area contributed by atoms with Crippen LogP contribution in [0.3, 0.4) is 0 Å². The Hall–Kier alpha value is -2.25. The largest absolute Gasteiger partial charge is 0.367 e. The zero-order chi connectivity index (χ0) is 24.3. The maximum absolute atomic E-state index is 12.2. The maximum atomic E-state index is 12.2. The van der Waals surface area contributed by atoms with Gasteiger partial charge in [-0.15, -0.1) is 0 Å². The summed E-state index contributed by atoms with van der Waals surface area (Å²) in [6, 6.07) is 7.60. The lowest BCUT2D eigenvalue weighted by Crippen LogP contribution is -2.42. The highest BCUT2D eigenvalue weighted by Crippen LogP contribution is 2.31. The number of hydrogen-bond donors (Lipinski definition) is 4. The Morgan fingerprint density at radius 1 is 1.12 bits per heavy atom. The molecule has 3 aromatic rings. The molecule has 0 amide bonds. The number of nitrogens with one attached hydrogen (secondary N) is 4. The maximum Gasteiger partial charge on any atom is 0.213 e. The van der Waals surface area contributed by atoms with Crippen LogP contribution < -0.4 is 14.8 Å². The molecule has 0 atom stereocenters. The molecule has 4 rings (SSSR count). The number of aromatic amines is 1. The zero-order valence-electron chi connectivity index (χ0n) is 18.6. The fourth-order valence-corrected chi connectivity index (χ4v) is 6.20. The number of halogens is 1. The Morgan fingerprint density at radius 2 is 1.85 bits per heavy atom. The van der Waals surface area contributed by atoms with Gasteiger partial charge in [0, 0.05) is 42.0 Å². The third kappa shape index (κ3) is 6.66. The number of rotatable bonds is 9. The normalized spacial score (nSPS) is 19.4. The van der Waals surface area contributed by atoms with Gasteiger partial charge in [0.05, 0.1) is 12.0 Å². The molecule has 184 valence electrons. The molecule has 0 spiro atoms. The minimum Gasteiger partial charge on any atom is -0.367 e. The highest BCUT2D eigenvalue weighted by atomic mass is 35.5. The van der Waals surface area contributed by atoms with Gasteiger partial charge in [-0.3, -0.25) is 0 Å². The summed E-state index contributed by atoms with van der Waals surface area (Å²) < 4.78 is 51.6. The molecule has 0 aromatic carbocycles. The number of aromatic nitrogens is 3. The van der Waals surface area contributed by atoms with Crippen molar-refractivity contribution in [1.29, 1.82) is 0 Å². The number of fused-ring (bicyclic) bond motifs is 1. The van der Waals surface area contributed by atoms with Gasteiger partial charge in [-0.2, -0.15) is 0 Å². The third-order valence-electron chi connectivity index (χ3n) is 5.72. The van der Waals surface area contributed by atoms with E-state index < -0.39 is 20.0 Å². The third-order valence-corrected chi connectivity index (χ3v) is 8.07. The second-order valence-corrected chi connectivity index (χ2v) is 12.6. The van der Waals surface area contributed by atoms with Gasteiger partial charge in [-0.1, -0.05) is 11.6 Å². The minimum absolute atomic E-state index is 0.135. The van der Waals surface area contributed by atoms with Crippen molar-refractivity contribution in [2.24, 2.45) is 0 Å². The number of H-pyrrole nitrogens is 1. The number of hydrogen-bond acceptors (Lipinski definition) is 7. The molecule has 1 saturated carbocycles. The smallest absolute Gasteiger partial charge is 0.213 e. The highest BCUT2D eigenvalue weighted by molar-refractivity contribution is 7.90. The van der Waals surface area contributed by atoms with Crippen LogP contribution in [0.15, 0.2) is 36.7 Å². The molecule has 0 radical (unpaired) electrons. The fraction of sp³-hybridized carbons (Fsp3) is 0.429. The van der Waals surface area contributed by atoms with Crippen LogP contribution in [-0.2, 0) is 20.0 Å². The van der Waals surface area contributed by atoms with Crippen LogP contribution in [0, 0.1) is 0 Å². The van der Waals surface area contributed by atoms with Crippen molar-refractivity contribution in [3.63, 3.8) is 0 Å². The first kappa shape index (κ1) is 24.9. The molecular formula is C21H27ClN6O4S2. The number of anilines is 1. The summed E-state index contributed by atoms with van der Waals surface area (Å²) in [4.78, 5) is 11.9. The van der Waals surface area contributed by atoms with E-state index in [9.17, 15) is 16.8 Å². The van der Waals surface area contributed by atoms with E-state index in [0.717, 1.165) is 41.3 Å². The second kappa shape index (κ2) is 10.2. The van der Waals surface area contributed by atoms with E-state index in [-0.39, 0.29) is 24.4 Å². The summed E-state index contributed by atoms with van der Waals surface area (Å²) in [6.07, 6.45) is 7.48. The molecule has 1 fully saturated rings. The lowest BCUT2D eigenvalue weighted by Gasteiger charge is -2.30. The van der Waals surface area contributed by atoms with Crippen molar-refractivity contribution in [3.8, 4) is 11.1 Å². The van der Waals surface area contributed by atoms with Crippen molar-refractivity contribution < 1.29 is 16.8 Å². The molecule has 1 aliphatic rings. The first-order valence-electron chi connectivity index (χ1n) is 10.9. The Morgan fingerprint density at radius 3 is 2.59 bits per heavy atom. The van der Waals surface area contributed by atoms with Crippen molar-refractivity contribution in [3.05, 3.63) is 41.8 Å². The van der Waals surface area contributed by atoms with Crippen LogP contribution in [0.4, 0.5) is 5.82 Å². The Bertz CT molecular complexity index is 1370. The SMILES string of the molecule is CS(=O)(=O)NCCS(=O)(=O)N[C@H]1CC[C@H](Nc2cc(-c3c[nH]c4ncccc34)cc(Cl)n2)CC1. The molecule has 34 heavy (non-hydrogen) atoms. The molecule has 3 heterocycles. The van der Waals surface area contributed by atoms with Crippen LogP contribution in [0.2, 0.25) is 5.15 Å². The molecule has 0 saturated heterocycles. The van der Waals surface area contributed by atoms with Crippen LogP contribution in [0.1, 0.15) is 25.7 Å². The number of sulfonamides is 2. The summed E-state index contributed by atoms with van der Waals surface area (Å²) in [6.45, 7) is -0.152. The summed E-state index contributed by atoms with van der Waals surface area (Å²) in [5, 5.41) is 4.80. The molecule has 0 unspecified atom stereocenters. The van der Waals surface area contributed by atoms with E-state index in [1.807, 2.05) is 30.5 Å². The van der Waals surface area contributed by atoms with Crippen LogP contribution in [0.5, 0.6) is 0 Å². The van der Waals surface area contributed by atoms with E-state index in [4.69, 9.17) is 11.6 Å². The van der Waals surface area contributed by atoms with Crippen molar-refractivity contribution in [2.75, 3.05) is 23.9 Å². The van der Waals surface area contributed by atoms with E-state index in [1.165, 1.54) is 0 Å². The van der Waals surface area contributed by atoms with Crippen molar-refractivity contribution in [1.82, 2.24) is 24.4 Å². The number of pyridine rings is 2. The fourth-order valence-electron chi connectivity index (χ4n) is 4.16. The predicted octanol–water partition coefficient (Wildman–Crippen LogP) is 2.47. The summed E-state index contributed by atoms with van der Waals surface area (Å²) in [7, 11) is -6.99. The van der Waals surface area contributed by atoms with Crippen molar-refractivity contribution >= 4 is 48.5 Å². The predicted molar refractivity (Wildman–Crippen MR) is 134 cm³/mol. The molecule has 0 aliphatic heterocycles. The topological polar surface area (TPSA) is 146 Å². The lowest BCUT2D eigenvalue weighted by molar-refractivity contribution is 0.387. The van der Waals surface area contributed by atoms with Gasteiger partial charge < -0.3 is 10.3 Å². The van der Waals surface area contributed by atoms with Gasteiger partial charge in [0.25, 0.3) is 0 Å². The molecule has 10 nitrogen and oxygen atoms in total. The van der Waals surface area contributed by atoms with Gasteiger partial charge in [0.2, 0.25) is 20.0 Å². The minimum atomic E-state index is -3.57. The van der Waals surface area contributed by atoms with Gasteiger partial charge in [0.15, 0.2) is 0 Å². The Labute approximate surface area is 204 Å².